The molecule has 0 aromatic carbocycles. The first-order valence-electron chi connectivity index (χ1n) is 5.59. The molecular formula is C9H15Cl2N5O2S. The summed E-state index contributed by atoms with van der Waals surface area (Å²) in [6, 6.07) is 0. The Morgan fingerprint density at radius 3 is 2.58 bits per heavy atom. The van der Waals surface area contributed by atoms with Crippen LogP contribution in [0.1, 0.15) is 13.3 Å². The van der Waals surface area contributed by atoms with Crippen molar-refractivity contribution in [2.24, 2.45) is 0 Å². The van der Waals surface area contributed by atoms with E-state index in [0.29, 0.717) is 31.9 Å². The SMILES string of the molecule is CCN(CCCNc1nc(Cl)nnc1Cl)S(C)(=O)=O. The molecule has 0 atom stereocenters. The summed E-state index contributed by atoms with van der Waals surface area (Å²) >= 11 is 11.4. The summed E-state index contributed by atoms with van der Waals surface area (Å²) in [4.78, 5) is 3.88. The standard InChI is InChI=1S/C9H15Cl2N5O2S/c1-3-16(19(2,17)18)6-4-5-12-8-7(10)14-15-9(11)13-8/h3-6H2,1-2H3,(H,12,13,15). The molecule has 0 aliphatic carbocycles. The molecule has 0 saturated carbocycles. The first-order chi connectivity index (χ1) is 8.84. The number of hydrogen-bond acceptors (Lipinski definition) is 6. The van der Waals surface area contributed by atoms with Crippen LogP contribution in [0.4, 0.5) is 5.82 Å². The zero-order chi connectivity index (χ0) is 14.5. The average Bonchev–Trinajstić information content (AvgIpc) is 2.31. The highest BCUT2D eigenvalue weighted by atomic mass is 35.5. The highest BCUT2D eigenvalue weighted by molar-refractivity contribution is 7.88. The van der Waals surface area contributed by atoms with Gasteiger partial charge in [0.1, 0.15) is 0 Å². The highest BCUT2D eigenvalue weighted by Gasteiger charge is 2.13. The predicted molar refractivity (Wildman–Crippen MR) is 75.0 cm³/mol. The fourth-order valence-electron chi connectivity index (χ4n) is 1.43. The van der Waals surface area contributed by atoms with Gasteiger partial charge in [0.05, 0.1) is 6.26 Å². The van der Waals surface area contributed by atoms with Crippen molar-refractivity contribution in [1.29, 1.82) is 0 Å². The summed E-state index contributed by atoms with van der Waals surface area (Å²) in [5.74, 6) is 0.337. The molecule has 0 unspecified atom stereocenters. The summed E-state index contributed by atoms with van der Waals surface area (Å²) in [6.07, 6.45) is 1.80. The van der Waals surface area contributed by atoms with Crippen LogP contribution in [-0.2, 0) is 10.0 Å². The molecule has 0 fully saturated rings. The maximum atomic E-state index is 11.4. The van der Waals surface area contributed by atoms with Crippen LogP contribution in [0.5, 0.6) is 0 Å². The van der Waals surface area contributed by atoms with Gasteiger partial charge in [-0.2, -0.15) is 4.98 Å². The minimum atomic E-state index is -3.15. The molecule has 0 saturated heterocycles. The molecule has 1 N–H and O–H groups in total. The van der Waals surface area contributed by atoms with E-state index in [2.05, 4.69) is 20.5 Å². The third kappa shape index (κ3) is 5.43. The van der Waals surface area contributed by atoms with Crippen molar-refractivity contribution < 1.29 is 8.42 Å². The van der Waals surface area contributed by atoms with Gasteiger partial charge >= 0.3 is 0 Å². The van der Waals surface area contributed by atoms with Gasteiger partial charge in [0, 0.05) is 19.6 Å². The molecule has 1 heterocycles. The van der Waals surface area contributed by atoms with Crippen LogP contribution in [-0.4, -0.2) is 53.8 Å². The van der Waals surface area contributed by atoms with E-state index >= 15 is 0 Å². The average molecular weight is 328 g/mol. The van der Waals surface area contributed by atoms with Gasteiger partial charge < -0.3 is 5.32 Å². The lowest BCUT2D eigenvalue weighted by atomic mass is 10.4. The number of sulfonamides is 1. The van der Waals surface area contributed by atoms with Gasteiger partial charge in [-0.25, -0.2) is 12.7 Å². The topological polar surface area (TPSA) is 88.1 Å². The first-order valence-corrected chi connectivity index (χ1v) is 8.19. The molecule has 19 heavy (non-hydrogen) atoms. The van der Waals surface area contributed by atoms with Crippen molar-refractivity contribution in [2.75, 3.05) is 31.2 Å². The fourth-order valence-corrected chi connectivity index (χ4v) is 2.63. The Morgan fingerprint density at radius 2 is 2.00 bits per heavy atom. The molecule has 0 radical (unpaired) electrons. The molecule has 1 aromatic heterocycles. The Kier molecular flexibility index (Phi) is 6.18. The van der Waals surface area contributed by atoms with Crippen LogP contribution < -0.4 is 5.32 Å². The van der Waals surface area contributed by atoms with Gasteiger partial charge in [-0.15, -0.1) is 10.2 Å². The first kappa shape index (κ1) is 16.4. The van der Waals surface area contributed by atoms with Crippen LogP contribution in [0, 0.1) is 0 Å². The van der Waals surface area contributed by atoms with E-state index in [9.17, 15) is 8.42 Å². The summed E-state index contributed by atoms with van der Waals surface area (Å²) in [5, 5.41) is 10.1. The molecule has 108 valence electrons. The quantitative estimate of drug-likeness (QED) is 0.758. The maximum Gasteiger partial charge on any atom is 0.245 e. The molecule has 0 aliphatic heterocycles. The van der Waals surface area contributed by atoms with Gasteiger partial charge in [0.25, 0.3) is 0 Å². The second kappa shape index (κ2) is 7.18. The van der Waals surface area contributed by atoms with Crippen molar-refractivity contribution in [1.82, 2.24) is 19.5 Å². The minimum Gasteiger partial charge on any atom is -0.367 e. The number of aromatic nitrogens is 3. The van der Waals surface area contributed by atoms with E-state index in [1.54, 1.807) is 6.92 Å². The third-order valence-corrected chi connectivity index (χ3v) is 4.11. The van der Waals surface area contributed by atoms with Gasteiger partial charge in [-0.05, 0) is 18.0 Å². The van der Waals surface area contributed by atoms with Crippen molar-refractivity contribution >= 4 is 39.0 Å². The van der Waals surface area contributed by atoms with E-state index in [1.165, 1.54) is 10.6 Å². The Hall–Kier alpha value is -0.700. The van der Waals surface area contributed by atoms with Crippen LogP contribution in [0.25, 0.3) is 0 Å². The lowest BCUT2D eigenvalue weighted by Gasteiger charge is -2.17. The summed E-state index contributed by atoms with van der Waals surface area (Å²) in [5.41, 5.74) is 0. The lowest BCUT2D eigenvalue weighted by Crippen LogP contribution is -2.31. The van der Waals surface area contributed by atoms with Crippen LogP contribution in [0.15, 0.2) is 0 Å². The second-order valence-corrected chi connectivity index (χ2v) is 6.43. The molecule has 7 nitrogen and oxygen atoms in total. The van der Waals surface area contributed by atoms with E-state index in [4.69, 9.17) is 23.2 Å². The zero-order valence-corrected chi connectivity index (χ0v) is 12.9. The number of halogens is 2. The number of nitrogens with one attached hydrogen (secondary N) is 1. The molecule has 0 spiro atoms. The Balaban J connectivity index is 2.45. The van der Waals surface area contributed by atoms with E-state index in [-0.39, 0.29) is 10.4 Å². The number of anilines is 1. The summed E-state index contributed by atoms with van der Waals surface area (Å²) in [7, 11) is -3.15. The van der Waals surface area contributed by atoms with Crippen molar-refractivity contribution in [3.8, 4) is 0 Å². The van der Waals surface area contributed by atoms with Gasteiger partial charge in [0.2, 0.25) is 15.3 Å². The Morgan fingerprint density at radius 1 is 1.32 bits per heavy atom. The molecular weight excluding hydrogens is 313 g/mol. The van der Waals surface area contributed by atoms with Crippen molar-refractivity contribution in [2.45, 2.75) is 13.3 Å². The number of hydrogen-bond donors (Lipinski definition) is 1. The van der Waals surface area contributed by atoms with Crippen LogP contribution >= 0.6 is 23.2 Å². The Bertz CT molecular complexity index is 525. The molecule has 0 aliphatic rings. The third-order valence-electron chi connectivity index (χ3n) is 2.32. The van der Waals surface area contributed by atoms with E-state index in [0.717, 1.165) is 0 Å². The largest absolute Gasteiger partial charge is 0.367 e. The van der Waals surface area contributed by atoms with Gasteiger partial charge in [-0.1, -0.05) is 18.5 Å². The molecule has 0 amide bonds. The fraction of sp³-hybridized carbons (Fsp3) is 0.667. The van der Waals surface area contributed by atoms with E-state index < -0.39 is 10.0 Å². The maximum absolute atomic E-state index is 11.4. The molecule has 0 bridgehead atoms. The summed E-state index contributed by atoms with van der Waals surface area (Å²) in [6.45, 7) is 3.16. The van der Waals surface area contributed by atoms with Crippen LogP contribution in [0.2, 0.25) is 10.4 Å². The summed E-state index contributed by atoms with van der Waals surface area (Å²) < 4.78 is 24.1. The van der Waals surface area contributed by atoms with Gasteiger partial charge in [0.15, 0.2) is 11.0 Å². The molecule has 1 rings (SSSR count). The highest BCUT2D eigenvalue weighted by Crippen LogP contribution is 2.16. The lowest BCUT2D eigenvalue weighted by molar-refractivity contribution is 0.428. The molecule has 10 heteroatoms. The number of nitrogens with zero attached hydrogens (tertiary/aromatic N) is 4. The monoisotopic (exact) mass is 327 g/mol. The van der Waals surface area contributed by atoms with Gasteiger partial charge in [-0.3, -0.25) is 0 Å². The zero-order valence-electron chi connectivity index (χ0n) is 10.6. The second-order valence-electron chi connectivity index (χ2n) is 3.76. The number of rotatable bonds is 7. The van der Waals surface area contributed by atoms with Crippen molar-refractivity contribution in [3.63, 3.8) is 0 Å². The normalized spacial score (nSPS) is 11.8. The van der Waals surface area contributed by atoms with Crippen molar-refractivity contribution in [3.05, 3.63) is 10.4 Å². The molecule has 1 aromatic rings. The Labute approximate surface area is 122 Å². The predicted octanol–water partition coefficient (Wildman–Crippen LogP) is 1.26. The minimum absolute atomic E-state index is 0.00165. The smallest absolute Gasteiger partial charge is 0.245 e. The van der Waals surface area contributed by atoms with E-state index in [1.807, 2.05) is 0 Å². The van der Waals surface area contributed by atoms with Crippen LogP contribution in [0.3, 0.4) is 0 Å².